The summed E-state index contributed by atoms with van der Waals surface area (Å²) in [5, 5.41) is 16.4. The van der Waals surface area contributed by atoms with Gasteiger partial charge in [0.25, 0.3) is 5.91 Å². The second-order valence-electron chi connectivity index (χ2n) is 7.50. The Morgan fingerprint density at radius 2 is 2.04 bits per heavy atom. The monoisotopic (exact) mass is 363 g/mol. The van der Waals surface area contributed by atoms with E-state index in [0.29, 0.717) is 29.8 Å². The van der Waals surface area contributed by atoms with Crippen molar-refractivity contribution in [2.45, 2.75) is 65.0 Å². The lowest BCUT2D eigenvalue weighted by Crippen LogP contribution is -2.54. The van der Waals surface area contributed by atoms with E-state index >= 15 is 0 Å². The van der Waals surface area contributed by atoms with Crippen molar-refractivity contribution in [1.29, 1.82) is 5.26 Å². The predicted molar refractivity (Wildman–Crippen MR) is 97.5 cm³/mol. The first-order valence-corrected chi connectivity index (χ1v) is 9.22. The molecule has 1 aromatic rings. The van der Waals surface area contributed by atoms with E-state index in [1.165, 1.54) is 11.3 Å². The van der Waals surface area contributed by atoms with Gasteiger partial charge in [-0.3, -0.25) is 9.59 Å². The number of esters is 1. The minimum Gasteiger partial charge on any atom is -0.456 e. The standard InChI is InChI=1S/C18H25N3O3S/c1-6-7-14(23)24-10-13(22)20-16-12(9-19)11-8-17(2,3)21-18(4,5)15(11)25-16/h21H,6-8,10H2,1-5H3,(H,20,22). The highest BCUT2D eigenvalue weighted by Crippen LogP contribution is 2.44. The summed E-state index contributed by atoms with van der Waals surface area (Å²) in [6.07, 6.45) is 1.68. The molecule has 0 unspecified atom stereocenters. The molecule has 7 heteroatoms. The van der Waals surface area contributed by atoms with Crippen LogP contribution < -0.4 is 10.6 Å². The molecule has 6 nitrogen and oxygen atoms in total. The van der Waals surface area contributed by atoms with Crippen LogP contribution in [0.25, 0.3) is 0 Å². The highest BCUT2D eigenvalue weighted by molar-refractivity contribution is 7.17. The van der Waals surface area contributed by atoms with Crippen LogP contribution in [0.1, 0.15) is 63.5 Å². The Kier molecular flexibility index (Phi) is 5.55. The molecule has 25 heavy (non-hydrogen) atoms. The number of nitrogens with zero attached hydrogens (tertiary/aromatic N) is 1. The highest BCUT2D eigenvalue weighted by atomic mass is 32.1. The molecule has 0 saturated carbocycles. The molecule has 1 amide bonds. The predicted octanol–water partition coefficient (Wildman–Crippen LogP) is 3.06. The van der Waals surface area contributed by atoms with Gasteiger partial charge in [-0.2, -0.15) is 5.26 Å². The van der Waals surface area contributed by atoms with E-state index in [9.17, 15) is 14.9 Å². The van der Waals surface area contributed by atoms with E-state index in [2.05, 4.69) is 44.4 Å². The van der Waals surface area contributed by atoms with E-state index in [0.717, 1.165) is 10.4 Å². The summed E-state index contributed by atoms with van der Waals surface area (Å²) in [4.78, 5) is 24.5. The summed E-state index contributed by atoms with van der Waals surface area (Å²) < 4.78 is 4.92. The van der Waals surface area contributed by atoms with Gasteiger partial charge < -0.3 is 15.4 Å². The van der Waals surface area contributed by atoms with Gasteiger partial charge in [0.1, 0.15) is 11.1 Å². The molecule has 2 N–H and O–H groups in total. The summed E-state index contributed by atoms with van der Waals surface area (Å²) in [5.74, 6) is -0.819. The van der Waals surface area contributed by atoms with Gasteiger partial charge in [0, 0.05) is 22.4 Å². The Morgan fingerprint density at radius 1 is 1.36 bits per heavy atom. The maximum atomic E-state index is 12.1. The van der Waals surface area contributed by atoms with Gasteiger partial charge in [0.05, 0.1) is 5.56 Å². The van der Waals surface area contributed by atoms with Gasteiger partial charge in [0.15, 0.2) is 6.61 Å². The van der Waals surface area contributed by atoms with Crippen molar-refractivity contribution in [1.82, 2.24) is 5.32 Å². The topological polar surface area (TPSA) is 91.2 Å². The van der Waals surface area contributed by atoms with Crippen molar-refractivity contribution < 1.29 is 14.3 Å². The zero-order chi connectivity index (χ0) is 18.8. The van der Waals surface area contributed by atoms with Crippen LogP contribution in [0, 0.1) is 11.3 Å². The molecule has 0 spiro atoms. The van der Waals surface area contributed by atoms with Crippen LogP contribution >= 0.6 is 11.3 Å². The highest BCUT2D eigenvalue weighted by Gasteiger charge is 2.40. The molecule has 0 radical (unpaired) electrons. The van der Waals surface area contributed by atoms with Crippen LogP contribution in [0.15, 0.2) is 0 Å². The fourth-order valence-corrected chi connectivity index (χ4v) is 4.56. The van der Waals surface area contributed by atoms with Crippen LogP contribution in [-0.2, 0) is 26.3 Å². The first-order chi connectivity index (χ1) is 11.6. The number of hydrogen-bond acceptors (Lipinski definition) is 6. The lowest BCUT2D eigenvalue weighted by Gasteiger charge is -2.42. The van der Waals surface area contributed by atoms with E-state index < -0.39 is 11.9 Å². The number of thiophene rings is 1. The van der Waals surface area contributed by atoms with E-state index in [1.54, 1.807) is 0 Å². The maximum absolute atomic E-state index is 12.1. The Balaban J connectivity index is 2.21. The van der Waals surface area contributed by atoms with E-state index in [1.807, 2.05) is 6.92 Å². The Labute approximate surface area is 152 Å². The Hall–Kier alpha value is -1.91. The third-order valence-electron chi connectivity index (χ3n) is 4.03. The van der Waals surface area contributed by atoms with Crippen LogP contribution in [0.5, 0.6) is 0 Å². The number of ether oxygens (including phenoxy) is 1. The van der Waals surface area contributed by atoms with Crippen molar-refractivity contribution in [3.8, 4) is 6.07 Å². The molecule has 136 valence electrons. The summed E-state index contributed by atoms with van der Waals surface area (Å²) in [7, 11) is 0. The normalized spacial score (nSPS) is 17.3. The molecule has 1 aromatic heterocycles. The third kappa shape index (κ3) is 4.39. The SMILES string of the molecule is CCCC(=O)OCC(=O)Nc1sc2c(c1C#N)CC(C)(C)NC2(C)C. The molecular weight excluding hydrogens is 338 g/mol. The number of rotatable bonds is 5. The number of nitrogens with one attached hydrogen (secondary N) is 2. The first kappa shape index (κ1) is 19.4. The molecule has 0 aromatic carbocycles. The van der Waals surface area contributed by atoms with Gasteiger partial charge in [-0.05, 0) is 46.1 Å². The second-order valence-corrected chi connectivity index (χ2v) is 8.52. The average Bonchev–Trinajstić information content (AvgIpc) is 2.81. The van der Waals surface area contributed by atoms with Crippen molar-refractivity contribution in [2.24, 2.45) is 0 Å². The van der Waals surface area contributed by atoms with Gasteiger partial charge >= 0.3 is 5.97 Å². The molecule has 0 aliphatic carbocycles. The van der Waals surface area contributed by atoms with Crippen molar-refractivity contribution in [3.05, 3.63) is 16.0 Å². The van der Waals surface area contributed by atoms with Gasteiger partial charge in [-0.1, -0.05) is 6.92 Å². The number of carbonyl (C=O) groups is 2. The Bertz CT molecular complexity index is 729. The van der Waals surface area contributed by atoms with Gasteiger partial charge in [-0.15, -0.1) is 11.3 Å². The first-order valence-electron chi connectivity index (χ1n) is 8.40. The number of carbonyl (C=O) groups excluding carboxylic acids is 2. The van der Waals surface area contributed by atoms with Crippen LogP contribution in [0.3, 0.4) is 0 Å². The lowest BCUT2D eigenvalue weighted by molar-refractivity contribution is -0.147. The zero-order valence-corrected chi connectivity index (χ0v) is 16.2. The molecule has 0 bridgehead atoms. The molecule has 0 saturated heterocycles. The summed E-state index contributed by atoms with van der Waals surface area (Å²) in [6, 6.07) is 2.23. The molecule has 1 aliphatic heterocycles. The lowest BCUT2D eigenvalue weighted by atomic mass is 9.81. The number of fused-ring (bicyclic) bond motifs is 1. The molecule has 0 fully saturated rings. The number of amides is 1. The Morgan fingerprint density at radius 3 is 2.64 bits per heavy atom. The summed E-state index contributed by atoms with van der Waals surface area (Å²) in [5.41, 5.74) is 1.07. The van der Waals surface area contributed by atoms with Crippen molar-refractivity contribution >= 4 is 28.2 Å². The average molecular weight is 363 g/mol. The molecule has 2 heterocycles. The largest absolute Gasteiger partial charge is 0.456 e. The molecule has 2 rings (SSSR count). The molecular formula is C18H25N3O3S. The van der Waals surface area contributed by atoms with E-state index in [-0.39, 0.29) is 17.7 Å². The zero-order valence-electron chi connectivity index (χ0n) is 15.4. The number of hydrogen-bond donors (Lipinski definition) is 2. The van der Waals surface area contributed by atoms with Gasteiger partial charge in [0.2, 0.25) is 0 Å². The smallest absolute Gasteiger partial charge is 0.306 e. The minimum atomic E-state index is -0.426. The fourth-order valence-electron chi connectivity index (χ4n) is 3.32. The quantitative estimate of drug-likeness (QED) is 0.785. The summed E-state index contributed by atoms with van der Waals surface area (Å²) in [6.45, 7) is 9.88. The third-order valence-corrected chi connectivity index (χ3v) is 5.50. The van der Waals surface area contributed by atoms with Crippen LogP contribution in [0.2, 0.25) is 0 Å². The van der Waals surface area contributed by atoms with Crippen LogP contribution in [0.4, 0.5) is 5.00 Å². The second kappa shape index (κ2) is 7.14. The fraction of sp³-hybridized carbons (Fsp3) is 0.611. The van der Waals surface area contributed by atoms with Crippen molar-refractivity contribution in [2.75, 3.05) is 11.9 Å². The van der Waals surface area contributed by atoms with Gasteiger partial charge in [-0.25, -0.2) is 0 Å². The molecule has 1 aliphatic rings. The summed E-state index contributed by atoms with van der Waals surface area (Å²) >= 11 is 1.41. The minimum absolute atomic E-state index is 0.139. The van der Waals surface area contributed by atoms with E-state index in [4.69, 9.17) is 4.74 Å². The van der Waals surface area contributed by atoms with Crippen LogP contribution in [-0.4, -0.2) is 24.0 Å². The number of nitriles is 1. The van der Waals surface area contributed by atoms with Crippen molar-refractivity contribution in [3.63, 3.8) is 0 Å². The number of anilines is 1. The molecule has 0 atom stereocenters. The maximum Gasteiger partial charge on any atom is 0.306 e.